The lowest BCUT2D eigenvalue weighted by atomic mass is 10.2. The first-order chi connectivity index (χ1) is 11.6. The van der Waals surface area contributed by atoms with Crippen LogP contribution in [0.1, 0.15) is 12.0 Å². The SMILES string of the molecule is Cn1cnnc1Sc1ccc(Cl)cc1NC(=O)CCc1ccsc1. The highest BCUT2D eigenvalue weighted by molar-refractivity contribution is 7.99. The highest BCUT2D eigenvalue weighted by atomic mass is 35.5. The second kappa shape index (κ2) is 7.83. The summed E-state index contributed by atoms with van der Waals surface area (Å²) in [4.78, 5) is 13.1. The quantitative estimate of drug-likeness (QED) is 0.696. The van der Waals surface area contributed by atoms with E-state index in [0.29, 0.717) is 17.1 Å². The molecule has 1 amide bonds. The molecule has 5 nitrogen and oxygen atoms in total. The second-order valence-electron chi connectivity index (χ2n) is 5.15. The molecule has 2 heterocycles. The van der Waals surface area contributed by atoms with Crippen LogP contribution >= 0.6 is 34.7 Å². The van der Waals surface area contributed by atoms with Crippen LogP contribution in [0.15, 0.2) is 51.4 Å². The van der Waals surface area contributed by atoms with Gasteiger partial charge in [0.25, 0.3) is 0 Å². The lowest BCUT2D eigenvalue weighted by molar-refractivity contribution is -0.116. The van der Waals surface area contributed by atoms with E-state index >= 15 is 0 Å². The third-order valence-electron chi connectivity index (χ3n) is 3.31. The van der Waals surface area contributed by atoms with Gasteiger partial charge in [0, 0.05) is 23.4 Å². The number of halogens is 1. The van der Waals surface area contributed by atoms with Crippen LogP contribution in [0, 0.1) is 0 Å². The molecule has 0 aliphatic heterocycles. The van der Waals surface area contributed by atoms with E-state index in [1.165, 1.54) is 17.3 Å². The maximum Gasteiger partial charge on any atom is 0.224 e. The van der Waals surface area contributed by atoms with Gasteiger partial charge in [-0.15, -0.1) is 10.2 Å². The lowest BCUT2D eigenvalue weighted by Crippen LogP contribution is -2.13. The normalized spacial score (nSPS) is 10.8. The summed E-state index contributed by atoms with van der Waals surface area (Å²) in [5.74, 6) is -0.0386. The molecule has 1 N–H and O–H groups in total. The minimum absolute atomic E-state index is 0.0386. The number of hydrogen-bond donors (Lipinski definition) is 1. The number of nitrogens with zero attached hydrogens (tertiary/aromatic N) is 3. The van der Waals surface area contributed by atoms with Gasteiger partial charge in [0.1, 0.15) is 6.33 Å². The Labute approximate surface area is 153 Å². The number of amides is 1. The molecule has 0 saturated heterocycles. The molecule has 2 aromatic heterocycles. The Balaban J connectivity index is 1.70. The summed E-state index contributed by atoms with van der Waals surface area (Å²) in [6.45, 7) is 0. The first kappa shape index (κ1) is 17.0. The van der Waals surface area contributed by atoms with Crippen molar-refractivity contribution >= 4 is 46.3 Å². The van der Waals surface area contributed by atoms with Crippen LogP contribution in [0.4, 0.5) is 5.69 Å². The zero-order valence-electron chi connectivity index (χ0n) is 12.9. The van der Waals surface area contributed by atoms with Crippen LogP contribution in [-0.4, -0.2) is 20.7 Å². The summed E-state index contributed by atoms with van der Waals surface area (Å²) >= 11 is 9.15. The molecule has 3 aromatic rings. The number of thiophene rings is 1. The van der Waals surface area contributed by atoms with E-state index in [-0.39, 0.29) is 5.91 Å². The maximum absolute atomic E-state index is 12.2. The van der Waals surface area contributed by atoms with E-state index in [9.17, 15) is 4.79 Å². The number of aryl methyl sites for hydroxylation is 2. The molecule has 0 unspecified atom stereocenters. The molecule has 0 aliphatic rings. The van der Waals surface area contributed by atoms with Crippen molar-refractivity contribution in [2.75, 3.05) is 5.32 Å². The predicted molar refractivity (Wildman–Crippen MR) is 97.8 cm³/mol. The number of hydrogen-bond acceptors (Lipinski definition) is 5. The minimum atomic E-state index is -0.0386. The highest BCUT2D eigenvalue weighted by Gasteiger charge is 2.12. The fraction of sp³-hybridized carbons (Fsp3) is 0.188. The van der Waals surface area contributed by atoms with Gasteiger partial charge < -0.3 is 9.88 Å². The van der Waals surface area contributed by atoms with Crippen molar-refractivity contribution in [1.29, 1.82) is 0 Å². The fourth-order valence-corrected chi connectivity index (χ4v) is 3.76. The average molecular weight is 379 g/mol. The van der Waals surface area contributed by atoms with Gasteiger partial charge in [-0.1, -0.05) is 11.6 Å². The number of benzene rings is 1. The first-order valence-electron chi connectivity index (χ1n) is 7.24. The molecule has 0 aliphatic carbocycles. The summed E-state index contributed by atoms with van der Waals surface area (Å²) < 4.78 is 1.82. The Hall–Kier alpha value is -1.83. The van der Waals surface area contributed by atoms with Crippen LogP contribution in [0.25, 0.3) is 0 Å². The number of carbonyl (C=O) groups is 1. The van der Waals surface area contributed by atoms with Gasteiger partial charge in [-0.3, -0.25) is 4.79 Å². The molecule has 0 spiro atoms. The number of carbonyl (C=O) groups excluding carboxylic acids is 1. The van der Waals surface area contributed by atoms with Gasteiger partial charge in [-0.25, -0.2) is 0 Å². The Bertz CT molecular complexity index is 832. The van der Waals surface area contributed by atoms with Gasteiger partial charge in [0.05, 0.1) is 5.69 Å². The van der Waals surface area contributed by atoms with Gasteiger partial charge in [-0.05, 0) is 58.8 Å². The Morgan fingerprint density at radius 3 is 3.00 bits per heavy atom. The molecule has 1 aromatic carbocycles. The zero-order valence-corrected chi connectivity index (χ0v) is 15.3. The van der Waals surface area contributed by atoms with E-state index in [2.05, 4.69) is 20.9 Å². The van der Waals surface area contributed by atoms with Crippen molar-refractivity contribution in [3.63, 3.8) is 0 Å². The third kappa shape index (κ3) is 4.37. The van der Waals surface area contributed by atoms with Gasteiger partial charge in [-0.2, -0.15) is 11.3 Å². The molecule has 0 bridgehead atoms. The van der Waals surface area contributed by atoms with Crippen molar-refractivity contribution in [3.05, 3.63) is 51.9 Å². The van der Waals surface area contributed by atoms with Crippen molar-refractivity contribution in [2.45, 2.75) is 22.9 Å². The zero-order chi connectivity index (χ0) is 16.9. The first-order valence-corrected chi connectivity index (χ1v) is 9.38. The molecule has 0 saturated carbocycles. The standard InChI is InChI=1S/C16H15ClN4OS2/c1-21-10-18-20-16(21)24-14-4-3-12(17)8-13(14)19-15(22)5-2-11-6-7-23-9-11/h3-4,6-10H,2,5H2,1H3,(H,19,22). The average Bonchev–Trinajstić information content (AvgIpc) is 3.20. The summed E-state index contributed by atoms with van der Waals surface area (Å²) in [6, 6.07) is 7.45. The predicted octanol–water partition coefficient (Wildman–Crippen LogP) is 4.25. The van der Waals surface area contributed by atoms with Crippen LogP contribution in [-0.2, 0) is 18.3 Å². The smallest absolute Gasteiger partial charge is 0.224 e. The van der Waals surface area contributed by atoms with E-state index in [4.69, 9.17) is 11.6 Å². The number of nitrogens with one attached hydrogen (secondary N) is 1. The molecule has 0 fully saturated rings. The van der Waals surface area contributed by atoms with Crippen LogP contribution in [0.3, 0.4) is 0 Å². The van der Waals surface area contributed by atoms with E-state index in [0.717, 1.165) is 16.5 Å². The Kier molecular flexibility index (Phi) is 5.55. The van der Waals surface area contributed by atoms with Gasteiger partial charge in [0.2, 0.25) is 5.91 Å². The van der Waals surface area contributed by atoms with Crippen molar-refractivity contribution in [3.8, 4) is 0 Å². The molecule has 0 atom stereocenters. The van der Waals surface area contributed by atoms with Gasteiger partial charge in [0.15, 0.2) is 5.16 Å². The van der Waals surface area contributed by atoms with E-state index in [1.807, 2.05) is 29.1 Å². The maximum atomic E-state index is 12.2. The summed E-state index contributed by atoms with van der Waals surface area (Å²) in [7, 11) is 1.87. The van der Waals surface area contributed by atoms with Crippen molar-refractivity contribution < 1.29 is 4.79 Å². The molecule has 0 radical (unpaired) electrons. The second-order valence-corrected chi connectivity index (χ2v) is 7.37. The highest BCUT2D eigenvalue weighted by Crippen LogP contribution is 2.34. The third-order valence-corrected chi connectivity index (χ3v) is 5.40. The summed E-state index contributed by atoms with van der Waals surface area (Å²) in [5.41, 5.74) is 1.86. The van der Waals surface area contributed by atoms with E-state index in [1.54, 1.807) is 29.8 Å². The van der Waals surface area contributed by atoms with Gasteiger partial charge >= 0.3 is 0 Å². The van der Waals surface area contributed by atoms with Crippen molar-refractivity contribution in [1.82, 2.24) is 14.8 Å². The molecular formula is C16H15ClN4OS2. The Morgan fingerprint density at radius 2 is 2.29 bits per heavy atom. The fourth-order valence-electron chi connectivity index (χ4n) is 2.06. The number of anilines is 1. The van der Waals surface area contributed by atoms with Crippen LogP contribution in [0.5, 0.6) is 0 Å². The topological polar surface area (TPSA) is 59.8 Å². The van der Waals surface area contributed by atoms with Crippen molar-refractivity contribution in [2.24, 2.45) is 7.05 Å². The number of rotatable bonds is 6. The molecule has 24 heavy (non-hydrogen) atoms. The molecule has 124 valence electrons. The van der Waals surface area contributed by atoms with Crippen LogP contribution < -0.4 is 5.32 Å². The molecule has 3 rings (SSSR count). The molecular weight excluding hydrogens is 364 g/mol. The minimum Gasteiger partial charge on any atom is -0.325 e. The molecule has 8 heteroatoms. The Morgan fingerprint density at radius 1 is 1.42 bits per heavy atom. The summed E-state index contributed by atoms with van der Waals surface area (Å²) in [6.07, 6.45) is 2.79. The summed E-state index contributed by atoms with van der Waals surface area (Å²) in [5, 5.41) is 16.3. The lowest BCUT2D eigenvalue weighted by Gasteiger charge is -2.11. The monoisotopic (exact) mass is 378 g/mol. The van der Waals surface area contributed by atoms with E-state index < -0.39 is 0 Å². The largest absolute Gasteiger partial charge is 0.325 e. The van der Waals surface area contributed by atoms with Crippen LogP contribution in [0.2, 0.25) is 5.02 Å². The number of aromatic nitrogens is 3.